The largest absolute Gasteiger partial charge is 0.408 e. The van der Waals surface area contributed by atoms with Crippen LogP contribution < -0.4 is 4.72 Å². The molecular formula is C8H8BrN3O3S2. The molecule has 6 nitrogen and oxygen atoms in total. The Balaban J connectivity index is 2.31. The Kier molecular flexibility index (Phi) is 3.23. The van der Waals surface area contributed by atoms with E-state index in [9.17, 15) is 8.42 Å². The molecule has 0 radical (unpaired) electrons. The van der Waals surface area contributed by atoms with Crippen LogP contribution in [0.4, 0.5) is 6.01 Å². The van der Waals surface area contributed by atoms with E-state index < -0.39 is 10.0 Å². The van der Waals surface area contributed by atoms with Crippen LogP contribution in [0.25, 0.3) is 0 Å². The highest BCUT2D eigenvalue weighted by atomic mass is 79.9. The maximum atomic E-state index is 11.9. The predicted octanol–water partition coefficient (Wildman–Crippen LogP) is 2.31. The molecule has 2 heterocycles. The zero-order valence-electron chi connectivity index (χ0n) is 8.89. The summed E-state index contributed by atoms with van der Waals surface area (Å²) in [7, 11) is -3.66. The first-order valence-corrected chi connectivity index (χ1v) is 7.56. The van der Waals surface area contributed by atoms with Crippen LogP contribution in [0.3, 0.4) is 0 Å². The van der Waals surface area contributed by atoms with E-state index in [2.05, 4.69) is 30.8 Å². The zero-order chi connectivity index (χ0) is 12.6. The number of aryl methyl sites for hydroxylation is 2. The summed E-state index contributed by atoms with van der Waals surface area (Å²) in [6.07, 6.45) is 0. The van der Waals surface area contributed by atoms with Gasteiger partial charge in [0.25, 0.3) is 10.0 Å². The lowest BCUT2D eigenvalue weighted by Gasteiger charge is -1.99. The van der Waals surface area contributed by atoms with Crippen molar-refractivity contribution in [1.82, 2.24) is 10.2 Å². The lowest BCUT2D eigenvalue weighted by atomic mass is 10.4. The van der Waals surface area contributed by atoms with E-state index in [1.807, 2.05) is 6.92 Å². The summed E-state index contributed by atoms with van der Waals surface area (Å²) in [6, 6.07) is 1.44. The van der Waals surface area contributed by atoms with Crippen molar-refractivity contribution in [3.63, 3.8) is 0 Å². The predicted molar refractivity (Wildman–Crippen MR) is 66.6 cm³/mol. The highest BCUT2D eigenvalue weighted by Gasteiger charge is 2.20. The molecule has 2 rings (SSSR count). The van der Waals surface area contributed by atoms with Crippen molar-refractivity contribution in [2.45, 2.75) is 18.1 Å². The molecule has 2 aromatic rings. The summed E-state index contributed by atoms with van der Waals surface area (Å²) in [5.41, 5.74) is 0.858. The third kappa shape index (κ3) is 2.67. The van der Waals surface area contributed by atoms with E-state index in [1.165, 1.54) is 0 Å². The Morgan fingerprint density at radius 2 is 2.12 bits per heavy atom. The lowest BCUT2D eigenvalue weighted by molar-refractivity contribution is 0.534. The van der Waals surface area contributed by atoms with Gasteiger partial charge in [0.15, 0.2) is 0 Å². The number of hydrogen-bond acceptors (Lipinski definition) is 6. The molecule has 0 aromatic carbocycles. The molecule has 0 saturated heterocycles. The minimum absolute atomic E-state index is 0.135. The standard InChI is InChI=1S/C8H8BrN3O3S2/c1-4-3-6(16-7(4)9)17(13,14)12-8-11-10-5(2)15-8/h3H,1-2H3,(H,11,12). The molecule has 0 fully saturated rings. The summed E-state index contributed by atoms with van der Waals surface area (Å²) >= 11 is 4.40. The molecule has 0 saturated carbocycles. The van der Waals surface area contributed by atoms with Gasteiger partial charge < -0.3 is 4.42 Å². The van der Waals surface area contributed by atoms with Gasteiger partial charge in [-0.15, -0.1) is 16.4 Å². The molecule has 0 aliphatic rings. The molecule has 0 aliphatic carbocycles. The first-order chi connectivity index (χ1) is 7.88. The van der Waals surface area contributed by atoms with E-state index in [0.717, 1.165) is 20.7 Å². The van der Waals surface area contributed by atoms with Gasteiger partial charge in [0.05, 0.1) is 3.79 Å². The summed E-state index contributed by atoms with van der Waals surface area (Å²) in [5.74, 6) is 0.297. The number of anilines is 1. The van der Waals surface area contributed by atoms with E-state index in [0.29, 0.717) is 5.89 Å². The van der Waals surface area contributed by atoms with Gasteiger partial charge >= 0.3 is 6.01 Å². The van der Waals surface area contributed by atoms with Crippen molar-refractivity contribution in [2.75, 3.05) is 4.72 Å². The summed E-state index contributed by atoms with van der Waals surface area (Å²) < 4.78 is 32.0. The Hall–Kier alpha value is -0.930. The van der Waals surface area contributed by atoms with Gasteiger partial charge in [-0.3, -0.25) is 0 Å². The van der Waals surface area contributed by atoms with E-state index in [4.69, 9.17) is 4.42 Å². The van der Waals surface area contributed by atoms with Gasteiger partial charge in [-0.05, 0) is 34.5 Å². The molecule has 2 aromatic heterocycles. The Labute approximate surface area is 110 Å². The number of aromatic nitrogens is 2. The van der Waals surface area contributed by atoms with Gasteiger partial charge in [-0.25, -0.2) is 13.1 Å². The van der Waals surface area contributed by atoms with E-state index >= 15 is 0 Å². The number of halogens is 1. The van der Waals surface area contributed by atoms with Crippen LogP contribution in [-0.2, 0) is 10.0 Å². The first-order valence-electron chi connectivity index (χ1n) is 4.47. The summed E-state index contributed by atoms with van der Waals surface area (Å²) in [5, 5.41) is 7.11. The van der Waals surface area contributed by atoms with Crippen molar-refractivity contribution in [3.8, 4) is 0 Å². The maximum absolute atomic E-state index is 11.9. The third-order valence-corrected chi connectivity index (χ3v) is 5.78. The SMILES string of the molecule is Cc1nnc(NS(=O)(=O)c2cc(C)c(Br)s2)o1. The molecule has 0 atom stereocenters. The van der Waals surface area contributed by atoms with Crippen molar-refractivity contribution in [2.24, 2.45) is 0 Å². The smallest absolute Gasteiger partial charge is 0.329 e. The fourth-order valence-electron chi connectivity index (χ4n) is 1.07. The van der Waals surface area contributed by atoms with Crippen molar-refractivity contribution in [1.29, 1.82) is 0 Å². The minimum atomic E-state index is -3.66. The third-order valence-electron chi connectivity index (χ3n) is 1.85. The van der Waals surface area contributed by atoms with Crippen molar-refractivity contribution < 1.29 is 12.8 Å². The van der Waals surface area contributed by atoms with E-state index in [1.54, 1.807) is 13.0 Å². The van der Waals surface area contributed by atoms with Gasteiger partial charge in [0.1, 0.15) is 4.21 Å². The lowest BCUT2D eigenvalue weighted by Crippen LogP contribution is -2.11. The van der Waals surface area contributed by atoms with Crippen LogP contribution in [-0.4, -0.2) is 18.6 Å². The van der Waals surface area contributed by atoms with Crippen LogP contribution in [0.1, 0.15) is 11.5 Å². The molecule has 17 heavy (non-hydrogen) atoms. The maximum Gasteiger partial charge on any atom is 0.329 e. The number of sulfonamides is 1. The molecule has 0 aliphatic heterocycles. The molecule has 0 spiro atoms. The van der Waals surface area contributed by atoms with Gasteiger partial charge in [0, 0.05) is 6.92 Å². The Morgan fingerprint density at radius 1 is 1.41 bits per heavy atom. The number of hydrogen-bond donors (Lipinski definition) is 1. The number of nitrogens with zero attached hydrogens (tertiary/aromatic N) is 2. The normalized spacial score (nSPS) is 11.7. The van der Waals surface area contributed by atoms with Crippen molar-refractivity contribution >= 4 is 43.3 Å². The number of nitrogens with one attached hydrogen (secondary N) is 1. The van der Waals surface area contributed by atoms with Crippen LogP contribution in [0.2, 0.25) is 0 Å². The molecule has 9 heteroatoms. The number of thiophene rings is 1. The average molecular weight is 338 g/mol. The first kappa shape index (κ1) is 12.5. The summed E-state index contributed by atoms with van der Waals surface area (Å²) in [6.45, 7) is 3.40. The monoisotopic (exact) mass is 337 g/mol. The van der Waals surface area contributed by atoms with Crippen molar-refractivity contribution in [3.05, 3.63) is 21.3 Å². The fourth-order valence-corrected chi connectivity index (χ4v) is 4.22. The van der Waals surface area contributed by atoms with E-state index in [-0.39, 0.29) is 10.2 Å². The van der Waals surface area contributed by atoms with Crippen LogP contribution >= 0.6 is 27.3 Å². The number of rotatable bonds is 3. The Bertz CT molecular complexity index is 627. The molecule has 0 unspecified atom stereocenters. The molecule has 0 bridgehead atoms. The zero-order valence-corrected chi connectivity index (χ0v) is 12.1. The molecule has 0 amide bonds. The minimum Gasteiger partial charge on any atom is -0.408 e. The average Bonchev–Trinajstić information content (AvgIpc) is 2.75. The Morgan fingerprint density at radius 3 is 2.59 bits per heavy atom. The van der Waals surface area contributed by atoms with Crippen LogP contribution in [0.15, 0.2) is 18.5 Å². The van der Waals surface area contributed by atoms with Gasteiger partial charge in [-0.2, -0.15) is 0 Å². The highest BCUT2D eigenvalue weighted by Crippen LogP contribution is 2.31. The van der Waals surface area contributed by atoms with Gasteiger partial charge in [-0.1, -0.05) is 5.10 Å². The second-order valence-corrected chi connectivity index (χ2v) is 7.53. The van der Waals surface area contributed by atoms with Crippen LogP contribution in [0, 0.1) is 13.8 Å². The van der Waals surface area contributed by atoms with Crippen LogP contribution in [0.5, 0.6) is 0 Å². The fraction of sp³-hybridized carbons (Fsp3) is 0.250. The second kappa shape index (κ2) is 4.39. The topological polar surface area (TPSA) is 85.1 Å². The highest BCUT2D eigenvalue weighted by molar-refractivity contribution is 9.11. The molecule has 92 valence electrons. The summed E-state index contributed by atoms with van der Waals surface area (Å²) in [4.78, 5) is 0. The molecule has 1 N–H and O–H groups in total. The second-order valence-electron chi connectivity index (χ2n) is 3.25. The van der Waals surface area contributed by atoms with Gasteiger partial charge in [0.2, 0.25) is 5.89 Å². The quantitative estimate of drug-likeness (QED) is 0.928. The molecular weight excluding hydrogens is 330 g/mol.